The van der Waals surface area contributed by atoms with Crippen LogP contribution in [-0.2, 0) is 14.8 Å². The van der Waals surface area contributed by atoms with Crippen LogP contribution in [0.1, 0.15) is 0 Å². The summed E-state index contributed by atoms with van der Waals surface area (Å²) in [5, 5.41) is 28.1. The van der Waals surface area contributed by atoms with Crippen molar-refractivity contribution >= 4 is 27.4 Å². The first-order chi connectivity index (χ1) is 8.21. The number of carboxylic acid groups (broad SMARTS) is 1. The number of anilines is 1. The predicted molar refractivity (Wildman–Crippen MR) is 59.8 cm³/mol. The second-order valence-corrected chi connectivity index (χ2v) is 4.94. The van der Waals surface area contributed by atoms with Crippen molar-refractivity contribution < 1.29 is 28.3 Å². The van der Waals surface area contributed by atoms with Crippen molar-refractivity contribution in [1.29, 1.82) is 0 Å². The third kappa shape index (κ3) is 3.59. The van der Waals surface area contributed by atoms with Crippen LogP contribution >= 0.6 is 0 Å². The molecule has 0 saturated carbocycles. The minimum atomic E-state index is -4.23. The van der Waals surface area contributed by atoms with Crippen LogP contribution in [0.4, 0.5) is 11.4 Å². The monoisotopic (exact) mass is 276 g/mol. The SMILES string of the molecule is O=C(O)CS(=O)(=O)Nc1cc([N+](=O)[O-])ccc1O. The number of carbonyl (C=O) groups is 1. The number of phenols is 1. The Hall–Kier alpha value is -2.36. The first-order valence-corrected chi connectivity index (χ1v) is 6.06. The van der Waals surface area contributed by atoms with E-state index in [0.29, 0.717) is 0 Å². The quantitative estimate of drug-likeness (QED) is 0.393. The molecule has 0 amide bonds. The summed E-state index contributed by atoms with van der Waals surface area (Å²) in [6.45, 7) is 0. The van der Waals surface area contributed by atoms with Crippen LogP contribution in [0.5, 0.6) is 5.75 Å². The molecule has 0 spiro atoms. The van der Waals surface area contributed by atoms with Crippen molar-refractivity contribution in [2.45, 2.75) is 0 Å². The van der Waals surface area contributed by atoms with Crippen molar-refractivity contribution in [1.82, 2.24) is 0 Å². The minimum Gasteiger partial charge on any atom is -0.506 e. The van der Waals surface area contributed by atoms with Gasteiger partial charge in [-0.25, -0.2) is 8.42 Å². The fourth-order valence-corrected chi connectivity index (χ4v) is 1.98. The van der Waals surface area contributed by atoms with E-state index in [1.807, 2.05) is 0 Å². The van der Waals surface area contributed by atoms with Gasteiger partial charge in [-0.1, -0.05) is 0 Å². The lowest BCUT2D eigenvalue weighted by Gasteiger charge is -2.07. The molecule has 10 heteroatoms. The highest BCUT2D eigenvalue weighted by Crippen LogP contribution is 2.28. The number of rotatable bonds is 5. The summed E-state index contributed by atoms with van der Waals surface area (Å²) in [5.41, 5.74) is -0.897. The van der Waals surface area contributed by atoms with E-state index in [0.717, 1.165) is 18.2 Å². The second-order valence-electron chi connectivity index (χ2n) is 3.21. The number of phenolic OH excluding ortho intramolecular Hbond substituents is 1. The van der Waals surface area contributed by atoms with E-state index in [1.54, 1.807) is 4.72 Å². The minimum absolute atomic E-state index is 0.444. The number of carboxylic acids is 1. The van der Waals surface area contributed by atoms with Gasteiger partial charge in [-0.15, -0.1) is 0 Å². The van der Waals surface area contributed by atoms with E-state index in [2.05, 4.69) is 0 Å². The standard InChI is InChI=1S/C8H8N2O7S/c11-7-2-1-5(10(14)15)3-6(7)9-18(16,17)4-8(12)13/h1-3,9,11H,4H2,(H,12,13). The molecule has 3 N–H and O–H groups in total. The van der Waals surface area contributed by atoms with Gasteiger partial charge < -0.3 is 10.2 Å². The first-order valence-electron chi connectivity index (χ1n) is 4.41. The van der Waals surface area contributed by atoms with Crippen LogP contribution < -0.4 is 4.72 Å². The lowest BCUT2D eigenvalue weighted by molar-refractivity contribution is -0.384. The fraction of sp³-hybridized carbons (Fsp3) is 0.125. The van der Waals surface area contributed by atoms with E-state index in [1.165, 1.54) is 0 Å². The number of aromatic hydroxyl groups is 1. The number of nitrogens with one attached hydrogen (secondary N) is 1. The highest BCUT2D eigenvalue weighted by Gasteiger charge is 2.19. The first kappa shape index (κ1) is 13.7. The molecule has 9 nitrogen and oxygen atoms in total. The Labute approximate surface area is 101 Å². The Bertz CT molecular complexity index is 595. The van der Waals surface area contributed by atoms with Gasteiger partial charge in [0.2, 0.25) is 10.0 Å². The van der Waals surface area contributed by atoms with Gasteiger partial charge in [-0.3, -0.25) is 19.6 Å². The zero-order valence-electron chi connectivity index (χ0n) is 8.73. The Morgan fingerprint density at radius 2 is 2.06 bits per heavy atom. The van der Waals surface area contributed by atoms with Gasteiger partial charge in [0.15, 0.2) is 5.75 Å². The van der Waals surface area contributed by atoms with E-state index in [9.17, 15) is 28.4 Å². The number of nitrogens with zero attached hydrogens (tertiary/aromatic N) is 1. The summed E-state index contributed by atoms with van der Waals surface area (Å²) in [7, 11) is -4.23. The number of hydrogen-bond acceptors (Lipinski definition) is 6. The summed E-state index contributed by atoms with van der Waals surface area (Å²) in [6.07, 6.45) is 0. The van der Waals surface area contributed by atoms with E-state index >= 15 is 0 Å². The molecule has 1 rings (SSSR count). The maximum absolute atomic E-state index is 11.3. The largest absolute Gasteiger partial charge is 0.506 e. The van der Waals surface area contributed by atoms with Crippen LogP contribution in [0.15, 0.2) is 18.2 Å². The molecular weight excluding hydrogens is 268 g/mol. The molecule has 0 aliphatic rings. The average Bonchev–Trinajstić information content (AvgIpc) is 2.18. The van der Waals surface area contributed by atoms with Gasteiger partial charge in [-0.05, 0) is 6.07 Å². The Kier molecular flexibility index (Phi) is 3.71. The van der Waals surface area contributed by atoms with Crippen LogP contribution in [-0.4, -0.2) is 35.3 Å². The van der Waals surface area contributed by atoms with Crippen molar-refractivity contribution in [3.05, 3.63) is 28.3 Å². The Balaban J connectivity index is 3.07. The summed E-state index contributed by atoms with van der Waals surface area (Å²) >= 11 is 0. The molecule has 0 radical (unpaired) electrons. The van der Waals surface area contributed by atoms with Crippen LogP contribution in [0.25, 0.3) is 0 Å². The molecule has 98 valence electrons. The van der Waals surface area contributed by atoms with Gasteiger partial charge in [0, 0.05) is 12.1 Å². The van der Waals surface area contributed by atoms with Crippen molar-refractivity contribution in [3.63, 3.8) is 0 Å². The van der Waals surface area contributed by atoms with Crippen LogP contribution in [0.2, 0.25) is 0 Å². The summed E-state index contributed by atoms with van der Waals surface area (Å²) in [6, 6.07) is 2.69. The van der Waals surface area contributed by atoms with Crippen LogP contribution in [0, 0.1) is 10.1 Å². The summed E-state index contributed by atoms with van der Waals surface area (Å²) in [5.74, 6) is -3.35. The molecule has 0 fully saturated rings. The summed E-state index contributed by atoms with van der Waals surface area (Å²) < 4.78 is 24.3. The van der Waals surface area contributed by atoms with E-state index in [4.69, 9.17) is 5.11 Å². The van der Waals surface area contributed by atoms with Gasteiger partial charge in [0.25, 0.3) is 5.69 Å². The number of hydrogen-bond donors (Lipinski definition) is 3. The molecule has 1 aromatic carbocycles. The molecule has 0 aliphatic heterocycles. The van der Waals surface area contributed by atoms with E-state index in [-0.39, 0.29) is 0 Å². The molecule has 0 saturated heterocycles. The number of benzene rings is 1. The third-order valence-electron chi connectivity index (χ3n) is 1.77. The Morgan fingerprint density at radius 3 is 2.56 bits per heavy atom. The highest BCUT2D eigenvalue weighted by molar-refractivity contribution is 7.93. The molecule has 0 bridgehead atoms. The number of non-ortho nitro benzene ring substituents is 1. The van der Waals surface area contributed by atoms with Gasteiger partial charge in [0.05, 0.1) is 10.6 Å². The molecule has 0 atom stereocenters. The second kappa shape index (κ2) is 4.87. The van der Waals surface area contributed by atoms with Crippen molar-refractivity contribution in [3.8, 4) is 5.75 Å². The van der Waals surface area contributed by atoms with Crippen LogP contribution in [0.3, 0.4) is 0 Å². The predicted octanol–water partition coefficient (Wildman–Crippen LogP) is 0.127. The maximum atomic E-state index is 11.3. The number of nitro benzene ring substituents is 1. The smallest absolute Gasteiger partial charge is 0.320 e. The summed E-state index contributed by atoms with van der Waals surface area (Å²) in [4.78, 5) is 20.0. The molecular formula is C8H8N2O7S. The van der Waals surface area contributed by atoms with Gasteiger partial charge >= 0.3 is 5.97 Å². The average molecular weight is 276 g/mol. The molecule has 0 unspecified atom stereocenters. The topological polar surface area (TPSA) is 147 Å². The molecule has 0 aliphatic carbocycles. The lowest BCUT2D eigenvalue weighted by atomic mass is 10.2. The third-order valence-corrected chi connectivity index (χ3v) is 2.93. The van der Waals surface area contributed by atoms with Crippen molar-refractivity contribution in [2.24, 2.45) is 0 Å². The molecule has 1 aromatic rings. The van der Waals surface area contributed by atoms with Gasteiger partial charge in [-0.2, -0.15) is 0 Å². The normalized spacial score (nSPS) is 10.9. The molecule has 18 heavy (non-hydrogen) atoms. The molecule has 0 heterocycles. The van der Waals surface area contributed by atoms with E-state index < -0.39 is 43.8 Å². The molecule has 0 aromatic heterocycles. The Morgan fingerprint density at radius 1 is 1.44 bits per heavy atom. The number of aliphatic carboxylic acids is 1. The number of nitro groups is 1. The fourth-order valence-electron chi connectivity index (χ4n) is 1.09. The van der Waals surface area contributed by atoms with Gasteiger partial charge in [0.1, 0.15) is 5.75 Å². The van der Waals surface area contributed by atoms with Crippen molar-refractivity contribution in [2.75, 3.05) is 10.5 Å². The zero-order chi connectivity index (χ0) is 13.9. The highest BCUT2D eigenvalue weighted by atomic mass is 32.2. The number of sulfonamides is 1. The lowest BCUT2D eigenvalue weighted by Crippen LogP contribution is -2.22. The zero-order valence-corrected chi connectivity index (χ0v) is 9.55. The maximum Gasteiger partial charge on any atom is 0.320 e.